The summed E-state index contributed by atoms with van der Waals surface area (Å²) in [6, 6.07) is 0. The van der Waals surface area contributed by atoms with Gasteiger partial charge in [0, 0.05) is 6.61 Å². The van der Waals surface area contributed by atoms with Gasteiger partial charge in [-0.15, -0.1) is 0 Å². The van der Waals surface area contributed by atoms with Crippen molar-refractivity contribution in [2.24, 2.45) is 0 Å². The first-order valence-electron chi connectivity index (χ1n) is 7.16. The lowest BCUT2D eigenvalue weighted by Gasteiger charge is -2.31. The van der Waals surface area contributed by atoms with E-state index in [1.165, 1.54) is 19.3 Å². The third-order valence-electron chi connectivity index (χ3n) is 3.50. The molecule has 106 valence electrons. The van der Waals surface area contributed by atoms with Crippen molar-refractivity contribution in [2.75, 3.05) is 19.8 Å². The van der Waals surface area contributed by atoms with E-state index in [1.807, 2.05) is 13.8 Å². The Labute approximate surface area is 110 Å². The van der Waals surface area contributed by atoms with E-state index in [0.29, 0.717) is 25.7 Å². The van der Waals surface area contributed by atoms with Gasteiger partial charge in [-0.25, -0.2) is 0 Å². The van der Waals surface area contributed by atoms with Crippen molar-refractivity contribution in [3.05, 3.63) is 0 Å². The van der Waals surface area contributed by atoms with Crippen molar-refractivity contribution in [3.63, 3.8) is 0 Å². The van der Waals surface area contributed by atoms with Gasteiger partial charge < -0.3 is 14.8 Å². The van der Waals surface area contributed by atoms with E-state index >= 15 is 0 Å². The maximum absolute atomic E-state index is 12.0. The Balaban J connectivity index is 2.38. The fraction of sp³-hybridized carbons (Fsp3) is 0.929. The number of ether oxygens (including phenoxy) is 2. The van der Waals surface area contributed by atoms with E-state index in [9.17, 15) is 4.79 Å². The molecule has 0 heterocycles. The zero-order valence-corrected chi connectivity index (χ0v) is 12.0. The highest BCUT2D eigenvalue weighted by Gasteiger charge is 2.34. The Morgan fingerprint density at radius 2 is 2.11 bits per heavy atom. The van der Waals surface area contributed by atoms with Gasteiger partial charge in [0.05, 0.1) is 12.7 Å². The van der Waals surface area contributed by atoms with E-state index in [1.54, 1.807) is 0 Å². The van der Waals surface area contributed by atoms with Crippen molar-refractivity contribution in [1.29, 1.82) is 0 Å². The van der Waals surface area contributed by atoms with Gasteiger partial charge in [-0.05, 0) is 52.5 Å². The molecular formula is C14H27NO3. The van der Waals surface area contributed by atoms with E-state index in [0.717, 1.165) is 13.0 Å². The summed E-state index contributed by atoms with van der Waals surface area (Å²) >= 11 is 0. The van der Waals surface area contributed by atoms with Crippen LogP contribution in [0.3, 0.4) is 0 Å². The molecule has 0 amide bonds. The van der Waals surface area contributed by atoms with E-state index in [2.05, 4.69) is 12.2 Å². The van der Waals surface area contributed by atoms with Crippen LogP contribution < -0.4 is 5.32 Å². The molecule has 4 nitrogen and oxygen atoms in total. The molecule has 0 radical (unpaired) electrons. The van der Waals surface area contributed by atoms with Crippen molar-refractivity contribution in [1.82, 2.24) is 5.32 Å². The van der Waals surface area contributed by atoms with Gasteiger partial charge in [-0.1, -0.05) is 6.92 Å². The number of esters is 1. The van der Waals surface area contributed by atoms with Crippen LogP contribution in [0.1, 0.15) is 52.9 Å². The molecule has 1 aliphatic carbocycles. The van der Waals surface area contributed by atoms with Gasteiger partial charge in [0.2, 0.25) is 0 Å². The predicted molar refractivity (Wildman–Crippen MR) is 71.5 cm³/mol. The Morgan fingerprint density at radius 3 is 2.61 bits per heavy atom. The van der Waals surface area contributed by atoms with Crippen LogP contribution in [0.25, 0.3) is 0 Å². The summed E-state index contributed by atoms with van der Waals surface area (Å²) in [6.07, 6.45) is 5.69. The van der Waals surface area contributed by atoms with Gasteiger partial charge in [0.1, 0.15) is 5.54 Å². The summed E-state index contributed by atoms with van der Waals surface area (Å²) in [4.78, 5) is 12.0. The van der Waals surface area contributed by atoms with Crippen LogP contribution >= 0.6 is 0 Å². The van der Waals surface area contributed by atoms with Gasteiger partial charge in [0.25, 0.3) is 0 Å². The average molecular weight is 257 g/mol. The van der Waals surface area contributed by atoms with Crippen molar-refractivity contribution >= 4 is 5.97 Å². The molecular weight excluding hydrogens is 230 g/mol. The Hall–Kier alpha value is -0.610. The third kappa shape index (κ3) is 4.58. The standard InChI is InChI=1S/C14H27NO3/c1-4-10-15-14(3,13(16)17-5-2)9-11-18-12-7-6-8-12/h12,15H,4-11H2,1-3H3. The highest BCUT2D eigenvalue weighted by Crippen LogP contribution is 2.23. The Morgan fingerprint density at radius 1 is 1.39 bits per heavy atom. The topological polar surface area (TPSA) is 47.6 Å². The minimum Gasteiger partial charge on any atom is -0.465 e. The van der Waals surface area contributed by atoms with Crippen molar-refractivity contribution in [3.8, 4) is 0 Å². The maximum atomic E-state index is 12.0. The fourth-order valence-electron chi connectivity index (χ4n) is 1.92. The van der Waals surface area contributed by atoms with Gasteiger partial charge in [-0.2, -0.15) is 0 Å². The van der Waals surface area contributed by atoms with Crippen LogP contribution in [-0.2, 0) is 14.3 Å². The second-order valence-electron chi connectivity index (χ2n) is 5.15. The minimum absolute atomic E-state index is 0.171. The van der Waals surface area contributed by atoms with Gasteiger partial charge in [-0.3, -0.25) is 4.79 Å². The molecule has 1 N–H and O–H groups in total. The minimum atomic E-state index is -0.615. The van der Waals surface area contributed by atoms with E-state index in [-0.39, 0.29) is 5.97 Å². The summed E-state index contributed by atoms with van der Waals surface area (Å²) in [6.45, 7) is 7.69. The van der Waals surface area contributed by atoms with Crippen molar-refractivity contribution < 1.29 is 14.3 Å². The lowest BCUT2D eigenvalue weighted by atomic mass is 9.95. The molecule has 18 heavy (non-hydrogen) atoms. The lowest BCUT2D eigenvalue weighted by Crippen LogP contribution is -2.51. The van der Waals surface area contributed by atoms with Crippen LogP contribution in [0.5, 0.6) is 0 Å². The van der Waals surface area contributed by atoms with Crippen LogP contribution in [-0.4, -0.2) is 37.4 Å². The van der Waals surface area contributed by atoms with Crippen LogP contribution in [0.4, 0.5) is 0 Å². The average Bonchev–Trinajstić information content (AvgIpc) is 2.30. The molecule has 0 aliphatic heterocycles. The molecule has 0 aromatic rings. The molecule has 0 aromatic carbocycles. The molecule has 1 rings (SSSR count). The molecule has 1 unspecified atom stereocenters. The maximum Gasteiger partial charge on any atom is 0.326 e. The zero-order chi connectivity index (χ0) is 13.4. The summed E-state index contributed by atoms with van der Waals surface area (Å²) in [5, 5.41) is 3.29. The van der Waals surface area contributed by atoms with Crippen LogP contribution in [0.15, 0.2) is 0 Å². The van der Waals surface area contributed by atoms with E-state index in [4.69, 9.17) is 9.47 Å². The Bertz CT molecular complexity index is 253. The smallest absolute Gasteiger partial charge is 0.326 e. The summed E-state index contributed by atoms with van der Waals surface area (Å²) in [5.41, 5.74) is -0.615. The van der Waals surface area contributed by atoms with Crippen LogP contribution in [0.2, 0.25) is 0 Å². The number of rotatable bonds is 9. The fourth-order valence-corrected chi connectivity index (χ4v) is 1.92. The first-order valence-corrected chi connectivity index (χ1v) is 7.16. The van der Waals surface area contributed by atoms with Crippen molar-refractivity contribution in [2.45, 2.75) is 64.5 Å². The third-order valence-corrected chi connectivity index (χ3v) is 3.50. The normalized spacial score (nSPS) is 19.1. The number of nitrogens with one attached hydrogen (secondary N) is 1. The largest absolute Gasteiger partial charge is 0.465 e. The SMILES string of the molecule is CCCNC(C)(CCOC1CCC1)C(=O)OCC. The zero-order valence-electron chi connectivity index (χ0n) is 12.0. The second-order valence-corrected chi connectivity index (χ2v) is 5.15. The molecule has 1 aliphatic rings. The summed E-state index contributed by atoms with van der Waals surface area (Å²) < 4.78 is 10.9. The molecule has 0 saturated heterocycles. The predicted octanol–water partition coefficient (Wildman–Crippen LogP) is 2.27. The molecule has 0 aromatic heterocycles. The lowest BCUT2D eigenvalue weighted by molar-refractivity contribution is -0.151. The highest BCUT2D eigenvalue weighted by molar-refractivity contribution is 5.80. The number of carbonyl (C=O) groups is 1. The molecule has 4 heteroatoms. The number of carbonyl (C=O) groups excluding carboxylic acids is 1. The first-order chi connectivity index (χ1) is 8.62. The molecule has 1 saturated carbocycles. The van der Waals surface area contributed by atoms with Gasteiger partial charge >= 0.3 is 5.97 Å². The monoisotopic (exact) mass is 257 g/mol. The summed E-state index contributed by atoms with van der Waals surface area (Å²) in [5.74, 6) is -0.171. The van der Waals surface area contributed by atoms with Gasteiger partial charge in [0.15, 0.2) is 0 Å². The molecule has 1 atom stereocenters. The first kappa shape index (κ1) is 15.4. The molecule has 1 fully saturated rings. The molecule has 0 spiro atoms. The second kappa shape index (κ2) is 7.74. The Kier molecular flexibility index (Phi) is 6.65. The van der Waals surface area contributed by atoms with E-state index < -0.39 is 5.54 Å². The van der Waals surface area contributed by atoms with Crippen LogP contribution in [0, 0.1) is 0 Å². The quantitative estimate of drug-likeness (QED) is 0.644. The number of hydrogen-bond donors (Lipinski definition) is 1. The number of hydrogen-bond acceptors (Lipinski definition) is 4. The summed E-state index contributed by atoms with van der Waals surface area (Å²) in [7, 11) is 0. The highest BCUT2D eigenvalue weighted by atomic mass is 16.5. The molecule has 0 bridgehead atoms.